The van der Waals surface area contributed by atoms with Gasteiger partial charge < -0.3 is 9.84 Å². The van der Waals surface area contributed by atoms with Crippen LogP contribution < -0.4 is 5.32 Å². The highest BCUT2D eigenvalue weighted by Crippen LogP contribution is 2.11. The molecule has 0 saturated carbocycles. The van der Waals surface area contributed by atoms with Crippen molar-refractivity contribution in [2.24, 2.45) is 0 Å². The third-order valence-corrected chi connectivity index (χ3v) is 2.41. The van der Waals surface area contributed by atoms with Crippen molar-refractivity contribution in [1.29, 1.82) is 0 Å². The lowest BCUT2D eigenvalue weighted by atomic mass is 10.2. The maximum absolute atomic E-state index is 5.13. The molecule has 0 bridgehead atoms. The van der Waals surface area contributed by atoms with Gasteiger partial charge in [-0.3, -0.25) is 0 Å². The van der Waals surface area contributed by atoms with E-state index in [9.17, 15) is 0 Å². The first-order chi connectivity index (χ1) is 8.65. The summed E-state index contributed by atoms with van der Waals surface area (Å²) in [5.74, 6) is 3.24. The number of hydrogen-bond donors (Lipinski definition) is 1. The van der Waals surface area contributed by atoms with E-state index in [0.717, 1.165) is 17.5 Å². The fraction of sp³-hybridized carbons (Fsp3) is 0.500. The van der Waals surface area contributed by atoms with Crippen LogP contribution >= 0.6 is 0 Å². The molecule has 0 spiro atoms. The van der Waals surface area contributed by atoms with Crippen LogP contribution in [0.5, 0.6) is 0 Å². The third-order valence-electron chi connectivity index (χ3n) is 2.41. The van der Waals surface area contributed by atoms with Gasteiger partial charge >= 0.3 is 0 Å². The summed E-state index contributed by atoms with van der Waals surface area (Å²) in [5, 5.41) is 7.13. The van der Waals surface area contributed by atoms with Crippen molar-refractivity contribution in [2.75, 3.05) is 11.9 Å². The van der Waals surface area contributed by atoms with Crippen molar-refractivity contribution in [3.05, 3.63) is 29.8 Å². The molecule has 0 atom stereocenters. The summed E-state index contributed by atoms with van der Waals surface area (Å²) in [4.78, 5) is 12.6. The van der Waals surface area contributed by atoms with E-state index >= 15 is 0 Å². The first kappa shape index (κ1) is 12.5. The van der Waals surface area contributed by atoms with Gasteiger partial charge in [-0.25, -0.2) is 9.97 Å². The Bertz CT molecular complexity index is 509. The average Bonchev–Trinajstić information content (AvgIpc) is 2.78. The minimum absolute atomic E-state index is 0.267. The lowest BCUT2D eigenvalue weighted by Crippen LogP contribution is -2.08. The molecule has 1 N–H and O–H groups in total. The zero-order chi connectivity index (χ0) is 13.0. The average molecular weight is 247 g/mol. The fourth-order valence-corrected chi connectivity index (χ4v) is 1.46. The van der Waals surface area contributed by atoms with E-state index in [1.54, 1.807) is 6.20 Å². The summed E-state index contributed by atoms with van der Waals surface area (Å²) >= 11 is 0. The smallest absolute Gasteiger partial charge is 0.229 e. The van der Waals surface area contributed by atoms with E-state index < -0.39 is 0 Å². The molecule has 0 fully saturated rings. The number of hydrogen-bond acceptors (Lipinski definition) is 6. The highest BCUT2D eigenvalue weighted by Gasteiger charge is 2.09. The lowest BCUT2D eigenvalue weighted by Gasteiger charge is -2.03. The van der Waals surface area contributed by atoms with Crippen LogP contribution in [0.25, 0.3) is 0 Å². The minimum Gasteiger partial charge on any atom is -0.370 e. The lowest BCUT2D eigenvalue weighted by molar-refractivity contribution is 0.361. The van der Waals surface area contributed by atoms with Gasteiger partial charge in [-0.15, -0.1) is 0 Å². The number of aryl methyl sites for hydroxylation is 1. The van der Waals surface area contributed by atoms with E-state index in [4.69, 9.17) is 4.52 Å². The molecule has 0 radical (unpaired) electrons. The van der Waals surface area contributed by atoms with E-state index in [1.807, 2.05) is 26.8 Å². The SMILES string of the molecule is Cc1nccc(NCCc2noc(C(C)C)n2)n1. The van der Waals surface area contributed by atoms with Crippen LogP contribution in [0.4, 0.5) is 5.82 Å². The summed E-state index contributed by atoms with van der Waals surface area (Å²) < 4.78 is 5.13. The molecule has 0 aliphatic carbocycles. The molecule has 2 heterocycles. The summed E-state index contributed by atoms with van der Waals surface area (Å²) in [6.45, 7) is 6.63. The Kier molecular flexibility index (Phi) is 3.86. The molecule has 6 heteroatoms. The predicted molar refractivity (Wildman–Crippen MR) is 67.3 cm³/mol. The second-order valence-electron chi connectivity index (χ2n) is 4.37. The number of aromatic nitrogens is 4. The maximum atomic E-state index is 5.13. The van der Waals surface area contributed by atoms with Crippen LogP contribution in [0.1, 0.15) is 37.3 Å². The Morgan fingerprint density at radius 2 is 2.17 bits per heavy atom. The first-order valence-electron chi connectivity index (χ1n) is 6.01. The highest BCUT2D eigenvalue weighted by molar-refractivity contribution is 5.32. The molecule has 6 nitrogen and oxygen atoms in total. The first-order valence-corrected chi connectivity index (χ1v) is 6.01. The van der Waals surface area contributed by atoms with Crippen LogP contribution in [-0.2, 0) is 6.42 Å². The van der Waals surface area contributed by atoms with Gasteiger partial charge in [0.15, 0.2) is 5.82 Å². The predicted octanol–water partition coefficient (Wildman–Crippen LogP) is 1.95. The standard InChI is InChI=1S/C12H17N5O/c1-8(2)12-16-11(17-18-12)5-7-14-10-4-6-13-9(3)15-10/h4,6,8H,5,7H2,1-3H3,(H,13,14,15). The Labute approximate surface area is 106 Å². The second kappa shape index (κ2) is 5.57. The third kappa shape index (κ3) is 3.26. The van der Waals surface area contributed by atoms with Crippen LogP contribution in [0.2, 0.25) is 0 Å². The summed E-state index contributed by atoms with van der Waals surface area (Å²) in [6, 6.07) is 1.84. The van der Waals surface area contributed by atoms with Crippen molar-refractivity contribution >= 4 is 5.82 Å². The normalized spacial score (nSPS) is 10.9. The Morgan fingerprint density at radius 3 is 2.83 bits per heavy atom. The topological polar surface area (TPSA) is 76.7 Å². The van der Waals surface area contributed by atoms with Gasteiger partial charge in [0.25, 0.3) is 0 Å². The van der Waals surface area contributed by atoms with Gasteiger partial charge in [-0.05, 0) is 13.0 Å². The number of nitrogens with zero attached hydrogens (tertiary/aromatic N) is 4. The monoisotopic (exact) mass is 247 g/mol. The van der Waals surface area contributed by atoms with Crippen molar-refractivity contribution < 1.29 is 4.52 Å². The van der Waals surface area contributed by atoms with Crippen molar-refractivity contribution in [3.8, 4) is 0 Å². The van der Waals surface area contributed by atoms with Crippen LogP contribution in [-0.4, -0.2) is 26.7 Å². The van der Waals surface area contributed by atoms with Gasteiger partial charge in [-0.2, -0.15) is 4.98 Å². The Hall–Kier alpha value is -1.98. The zero-order valence-electron chi connectivity index (χ0n) is 10.8. The molecule has 0 unspecified atom stereocenters. The second-order valence-corrected chi connectivity index (χ2v) is 4.37. The van der Waals surface area contributed by atoms with Gasteiger partial charge in [0.2, 0.25) is 5.89 Å². The zero-order valence-corrected chi connectivity index (χ0v) is 10.8. The fourth-order valence-electron chi connectivity index (χ4n) is 1.46. The van der Waals surface area contributed by atoms with Crippen LogP contribution in [0.15, 0.2) is 16.8 Å². The molecule has 2 aromatic rings. The van der Waals surface area contributed by atoms with Crippen LogP contribution in [0.3, 0.4) is 0 Å². The summed E-state index contributed by atoms with van der Waals surface area (Å²) in [6.07, 6.45) is 2.44. The van der Waals surface area contributed by atoms with E-state index in [1.165, 1.54) is 0 Å². The molecule has 0 aromatic carbocycles. The molecule has 2 rings (SSSR count). The molecular formula is C12H17N5O. The van der Waals surface area contributed by atoms with Crippen molar-refractivity contribution in [2.45, 2.75) is 33.1 Å². The molecule has 96 valence electrons. The summed E-state index contributed by atoms with van der Waals surface area (Å²) in [7, 11) is 0. The molecule has 2 aromatic heterocycles. The molecule has 0 aliphatic rings. The number of anilines is 1. The Morgan fingerprint density at radius 1 is 1.33 bits per heavy atom. The summed E-state index contributed by atoms with van der Waals surface area (Å²) in [5.41, 5.74) is 0. The van der Waals surface area contributed by atoms with Gasteiger partial charge in [0, 0.05) is 25.1 Å². The van der Waals surface area contributed by atoms with E-state index in [-0.39, 0.29) is 5.92 Å². The van der Waals surface area contributed by atoms with Gasteiger partial charge in [0.1, 0.15) is 11.6 Å². The molecular weight excluding hydrogens is 230 g/mol. The minimum atomic E-state index is 0.267. The molecule has 0 saturated heterocycles. The van der Waals surface area contributed by atoms with Crippen molar-refractivity contribution in [3.63, 3.8) is 0 Å². The van der Waals surface area contributed by atoms with Gasteiger partial charge in [-0.1, -0.05) is 19.0 Å². The largest absolute Gasteiger partial charge is 0.370 e. The van der Waals surface area contributed by atoms with Gasteiger partial charge in [0.05, 0.1) is 0 Å². The quantitative estimate of drug-likeness (QED) is 0.870. The van der Waals surface area contributed by atoms with Crippen LogP contribution in [0, 0.1) is 6.92 Å². The highest BCUT2D eigenvalue weighted by atomic mass is 16.5. The number of nitrogens with one attached hydrogen (secondary N) is 1. The molecule has 18 heavy (non-hydrogen) atoms. The Balaban J connectivity index is 1.84. The van der Waals surface area contributed by atoms with Crippen molar-refractivity contribution in [1.82, 2.24) is 20.1 Å². The van der Waals surface area contributed by atoms with E-state index in [0.29, 0.717) is 18.9 Å². The number of rotatable bonds is 5. The molecule has 0 amide bonds. The molecule has 0 aliphatic heterocycles. The van der Waals surface area contributed by atoms with E-state index in [2.05, 4.69) is 25.4 Å². The maximum Gasteiger partial charge on any atom is 0.229 e.